The lowest BCUT2D eigenvalue weighted by Gasteiger charge is -2.16. The summed E-state index contributed by atoms with van der Waals surface area (Å²) in [7, 11) is 0. The summed E-state index contributed by atoms with van der Waals surface area (Å²) in [5.41, 5.74) is 2.22. The van der Waals surface area contributed by atoms with Gasteiger partial charge < -0.3 is 10.2 Å². The number of carbonyl (C=O) groups excluding carboxylic acids is 2. The van der Waals surface area contributed by atoms with Gasteiger partial charge in [-0.3, -0.25) is 9.59 Å². The molecule has 5 nitrogen and oxygen atoms in total. The summed E-state index contributed by atoms with van der Waals surface area (Å²) in [6, 6.07) is 10.1. The fraction of sp³-hybridized carbons (Fsp3) is 0.421. The number of carbonyl (C=O) groups is 2. The highest BCUT2D eigenvalue weighted by Crippen LogP contribution is 2.25. The molecule has 2 amide bonds. The first-order valence-corrected chi connectivity index (χ1v) is 9.47. The van der Waals surface area contributed by atoms with Crippen LogP contribution in [0.3, 0.4) is 0 Å². The van der Waals surface area contributed by atoms with E-state index >= 15 is 0 Å². The van der Waals surface area contributed by atoms with Crippen molar-refractivity contribution in [2.24, 2.45) is 5.92 Å². The molecule has 6 heteroatoms. The molecule has 1 aromatic carbocycles. The maximum absolute atomic E-state index is 12.5. The van der Waals surface area contributed by atoms with Gasteiger partial charge in [0.25, 0.3) is 0 Å². The minimum Gasteiger partial charge on any atom is -0.342 e. The summed E-state index contributed by atoms with van der Waals surface area (Å²) in [4.78, 5) is 32.0. The molecule has 2 heterocycles. The number of likely N-dealkylation sites (tertiary alicyclic amines) is 1. The topological polar surface area (TPSA) is 62.3 Å². The van der Waals surface area contributed by atoms with Crippen molar-refractivity contribution in [3.63, 3.8) is 0 Å². The highest BCUT2D eigenvalue weighted by molar-refractivity contribution is 7.15. The molecule has 1 saturated heterocycles. The average molecular weight is 357 g/mol. The van der Waals surface area contributed by atoms with Crippen LogP contribution in [0.5, 0.6) is 0 Å². The zero-order valence-electron chi connectivity index (χ0n) is 14.6. The molecule has 1 atom stereocenters. The van der Waals surface area contributed by atoms with E-state index in [1.165, 1.54) is 16.9 Å². The van der Waals surface area contributed by atoms with Gasteiger partial charge >= 0.3 is 0 Å². The molecular formula is C19H23N3O2S. The van der Waals surface area contributed by atoms with Crippen molar-refractivity contribution in [2.45, 2.75) is 33.1 Å². The highest BCUT2D eigenvalue weighted by atomic mass is 32.1. The van der Waals surface area contributed by atoms with Crippen LogP contribution >= 0.6 is 11.3 Å². The lowest BCUT2D eigenvalue weighted by Crippen LogP contribution is -2.30. The van der Waals surface area contributed by atoms with E-state index in [2.05, 4.69) is 22.4 Å². The van der Waals surface area contributed by atoms with Gasteiger partial charge in [-0.2, -0.15) is 0 Å². The summed E-state index contributed by atoms with van der Waals surface area (Å²) >= 11 is 1.49. The third kappa shape index (κ3) is 4.25. The van der Waals surface area contributed by atoms with Crippen LogP contribution < -0.4 is 5.32 Å². The molecule has 1 unspecified atom stereocenters. The largest absolute Gasteiger partial charge is 0.342 e. The number of nitrogens with one attached hydrogen (secondary N) is 1. The molecule has 3 rings (SSSR count). The number of aryl methyl sites for hydroxylation is 2. The maximum atomic E-state index is 12.5. The summed E-state index contributed by atoms with van der Waals surface area (Å²) in [5.74, 6) is -0.342. The van der Waals surface area contributed by atoms with Gasteiger partial charge in [-0.1, -0.05) is 37.3 Å². The first kappa shape index (κ1) is 17.6. The molecule has 1 aliphatic rings. The van der Waals surface area contributed by atoms with E-state index in [4.69, 9.17) is 0 Å². The van der Waals surface area contributed by atoms with Crippen LogP contribution in [-0.2, 0) is 22.4 Å². The Balaban J connectivity index is 1.55. The minimum atomic E-state index is -0.294. The monoisotopic (exact) mass is 357 g/mol. The van der Waals surface area contributed by atoms with Crippen molar-refractivity contribution in [1.82, 2.24) is 9.88 Å². The number of thiazole rings is 1. The standard InChI is InChI=1S/C19H23N3O2S/c1-3-16-13(2)25-19(20-16)21-18(24)15-11-17(23)22(12-15)10-9-14-7-5-4-6-8-14/h4-8,15H,3,9-12H2,1-2H3,(H,20,21,24). The Kier molecular flexibility index (Phi) is 5.48. The molecule has 132 valence electrons. The van der Waals surface area contributed by atoms with Crippen molar-refractivity contribution >= 4 is 28.3 Å². The molecule has 1 aromatic heterocycles. The van der Waals surface area contributed by atoms with Crippen LogP contribution in [0.25, 0.3) is 0 Å². The second-order valence-corrected chi connectivity index (χ2v) is 7.54. The third-order valence-electron chi connectivity index (χ3n) is 4.56. The van der Waals surface area contributed by atoms with Gasteiger partial charge in [0.15, 0.2) is 5.13 Å². The van der Waals surface area contributed by atoms with Gasteiger partial charge in [-0.05, 0) is 25.3 Å². The summed E-state index contributed by atoms with van der Waals surface area (Å²) in [5, 5.41) is 3.52. The van der Waals surface area contributed by atoms with Crippen LogP contribution in [-0.4, -0.2) is 34.8 Å². The normalized spacial score (nSPS) is 17.1. The van der Waals surface area contributed by atoms with Crippen molar-refractivity contribution in [3.8, 4) is 0 Å². The quantitative estimate of drug-likeness (QED) is 0.864. The number of amides is 2. The molecular weight excluding hydrogens is 334 g/mol. The van der Waals surface area contributed by atoms with Gasteiger partial charge in [0.1, 0.15) is 0 Å². The van der Waals surface area contributed by atoms with Crippen molar-refractivity contribution in [3.05, 3.63) is 46.5 Å². The van der Waals surface area contributed by atoms with Crippen LogP contribution in [0, 0.1) is 12.8 Å². The number of aromatic nitrogens is 1. The van der Waals surface area contributed by atoms with E-state index in [-0.39, 0.29) is 24.2 Å². The zero-order chi connectivity index (χ0) is 17.8. The van der Waals surface area contributed by atoms with Crippen LogP contribution in [0.15, 0.2) is 30.3 Å². The van der Waals surface area contributed by atoms with E-state index in [1.807, 2.05) is 32.0 Å². The molecule has 0 radical (unpaired) electrons. The molecule has 25 heavy (non-hydrogen) atoms. The Morgan fingerprint density at radius 3 is 2.80 bits per heavy atom. The molecule has 0 aliphatic carbocycles. The molecule has 2 aromatic rings. The smallest absolute Gasteiger partial charge is 0.231 e. The first-order chi connectivity index (χ1) is 12.1. The van der Waals surface area contributed by atoms with E-state index in [9.17, 15) is 9.59 Å². The molecule has 0 bridgehead atoms. The van der Waals surface area contributed by atoms with Gasteiger partial charge in [-0.15, -0.1) is 11.3 Å². The van der Waals surface area contributed by atoms with Crippen LogP contribution in [0.4, 0.5) is 5.13 Å². The molecule has 1 N–H and O–H groups in total. The van der Waals surface area contributed by atoms with E-state index in [0.717, 1.165) is 23.4 Å². The van der Waals surface area contributed by atoms with Gasteiger partial charge in [0.05, 0.1) is 11.6 Å². The lowest BCUT2D eigenvalue weighted by molar-refractivity contribution is -0.128. The number of anilines is 1. The first-order valence-electron chi connectivity index (χ1n) is 8.65. The fourth-order valence-corrected chi connectivity index (χ4v) is 3.99. The lowest BCUT2D eigenvalue weighted by atomic mass is 10.1. The second kappa shape index (κ2) is 7.78. The maximum Gasteiger partial charge on any atom is 0.231 e. The van der Waals surface area contributed by atoms with Gasteiger partial charge in [-0.25, -0.2) is 4.98 Å². The van der Waals surface area contributed by atoms with E-state index in [0.29, 0.717) is 18.2 Å². The Bertz CT molecular complexity index is 757. The predicted molar refractivity (Wildman–Crippen MR) is 99.7 cm³/mol. The number of rotatable bonds is 6. The van der Waals surface area contributed by atoms with Crippen molar-refractivity contribution < 1.29 is 9.59 Å². The number of hydrogen-bond donors (Lipinski definition) is 1. The molecule has 1 aliphatic heterocycles. The number of nitrogens with zero attached hydrogens (tertiary/aromatic N) is 2. The highest BCUT2D eigenvalue weighted by Gasteiger charge is 2.34. The summed E-state index contributed by atoms with van der Waals surface area (Å²) in [6.45, 7) is 5.20. The van der Waals surface area contributed by atoms with Gasteiger partial charge in [0.2, 0.25) is 11.8 Å². The molecule has 0 saturated carbocycles. The Morgan fingerprint density at radius 1 is 1.36 bits per heavy atom. The number of benzene rings is 1. The molecule has 0 spiro atoms. The average Bonchev–Trinajstić information content (AvgIpc) is 3.16. The Morgan fingerprint density at radius 2 is 2.12 bits per heavy atom. The van der Waals surface area contributed by atoms with Crippen LogP contribution in [0.2, 0.25) is 0 Å². The van der Waals surface area contributed by atoms with Gasteiger partial charge in [0, 0.05) is 24.4 Å². The fourth-order valence-electron chi connectivity index (χ4n) is 3.09. The Labute approximate surface area is 152 Å². The van der Waals surface area contributed by atoms with Crippen LogP contribution in [0.1, 0.15) is 29.5 Å². The van der Waals surface area contributed by atoms with E-state index < -0.39 is 0 Å². The zero-order valence-corrected chi connectivity index (χ0v) is 15.4. The number of hydrogen-bond acceptors (Lipinski definition) is 4. The SMILES string of the molecule is CCc1nc(NC(=O)C2CC(=O)N(CCc3ccccc3)C2)sc1C. The van der Waals surface area contributed by atoms with E-state index in [1.54, 1.807) is 4.90 Å². The summed E-state index contributed by atoms with van der Waals surface area (Å²) < 4.78 is 0. The summed E-state index contributed by atoms with van der Waals surface area (Å²) in [6.07, 6.45) is 1.95. The molecule has 1 fully saturated rings. The van der Waals surface area contributed by atoms with Crippen molar-refractivity contribution in [2.75, 3.05) is 18.4 Å². The minimum absolute atomic E-state index is 0.0562. The predicted octanol–water partition coefficient (Wildman–Crippen LogP) is 3.04. The van der Waals surface area contributed by atoms with Crippen molar-refractivity contribution in [1.29, 1.82) is 0 Å². The Hall–Kier alpha value is -2.21. The third-order valence-corrected chi connectivity index (χ3v) is 5.48. The second-order valence-electron chi connectivity index (χ2n) is 6.34.